The van der Waals surface area contributed by atoms with Crippen molar-refractivity contribution in [2.45, 2.75) is 71.6 Å². The van der Waals surface area contributed by atoms with Gasteiger partial charge in [-0.3, -0.25) is 0 Å². The minimum absolute atomic E-state index is 0.172. The van der Waals surface area contributed by atoms with Crippen LogP contribution in [0.5, 0.6) is 0 Å². The van der Waals surface area contributed by atoms with Crippen molar-refractivity contribution in [1.82, 2.24) is 0 Å². The lowest BCUT2D eigenvalue weighted by Gasteiger charge is -2.28. The zero-order valence-electron chi connectivity index (χ0n) is 56.4. The number of anilines is 6. The van der Waals surface area contributed by atoms with E-state index in [4.69, 9.17) is 0 Å². The smallest absolute Gasteiger partial charge is 0.0465 e. The predicted molar refractivity (Wildman–Crippen MR) is 415 cm³/mol. The highest BCUT2D eigenvalue weighted by Crippen LogP contribution is 2.54. The van der Waals surface area contributed by atoms with Gasteiger partial charge in [0.1, 0.15) is 0 Å². The van der Waals surface area contributed by atoms with E-state index in [1.54, 1.807) is 0 Å². The van der Waals surface area contributed by atoms with Crippen LogP contribution in [0.15, 0.2) is 291 Å². The fraction of sp³-hybridized carbons (Fsp3) is 0.116. The number of rotatable bonds is 12. The predicted octanol–water partition coefficient (Wildman–Crippen LogP) is 26.1. The minimum Gasteiger partial charge on any atom is -0.310 e. The van der Waals surface area contributed by atoms with E-state index in [1.807, 2.05) is 0 Å². The molecule has 0 amide bonds. The van der Waals surface area contributed by atoms with Crippen molar-refractivity contribution in [3.05, 3.63) is 358 Å². The third-order valence-corrected chi connectivity index (χ3v) is 21.6. The van der Waals surface area contributed by atoms with Gasteiger partial charge in [-0.05, 0) is 219 Å². The SMILES string of the molecule is Cc1ccc(N(c2ccc(-c3cccc4ccccc34)cc2)c2ccc3c(c2)C(C)(C)c2cc(C=Cc4ccc5c(c4)C(C)(C)c4cc(C=Cc6ccc7c(c6)C(C)(C)c6cc(N(c8ccc(C)cc8)c8ccc(-c9cccc%10ccccc9%10)cc8)ccc6-7)ccc4-5)ccc2-3)cc1. The van der Waals surface area contributed by atoms with Crippen molar-refractivity contribution >= 4 is 80.0 Å². The van der Waals surface area contributed by atoms with Gasteiger partial charge >= 0.3 is 0 Å². The van der Waals surface area contributed by atoms with Crippen molar-refractivity contribution in [3.63, 3.8) is 0 Å². The summed E-state index contributed by atoms with van der Waals surface area (Å²) < 4.78 is 0. The van der Waals surface area contributed by atoms with Crippen molar-refractivity contribution in [1.29, 1.82) is 0 Å². The molecule has 0 aliphatic heterocycles. The summed E-state index contributed by atoms with van der Waals surface area (Å²) in [6, 6.07) is 109. The van der Waals surface area contributed by atoms with Gasteiger partial charge in [0, 0.05) is 50.4 Å². The molecular formula is C95H76N2. The number of hydrogen-bond donors (Lipinski definition) is 0. The summed E-state index contributed by atoms with van der Waals surface area (Å²) in [7, 11) is 0. The number of nitrogens with zero attached hydrogens (tertiary/aromatic N) is 2. The van der Waals surface area contributed by atoms with Crippen molar-refractivity contribution in [3.8, 4) is 55.6 Å². The second-order valence-corrected chi connectivity index (χ2v) is 28.7. The van der Waals surface area contributed by atoms with Crippen LogP contribution in [-0.2, 0) is 16.2 Å². The molecule has 0 saturated heterocycles. The molecule has 0 heterocycles. The van der Waals surface area contributed by atoms with Crippen LogP contribution in [0.2, 0.25) is 0 Å². The average Bonchev–Trinajstić information content (AvgIpc) is 1.60. The summed E-state index contributed by atoms with van der Waals surface area (Å²) in [5.41, 5.74) is 34.5. The first kappa shape index (κ1) is 59.4. The number of hydrogen-bond acceptors (Lipinski definition) is 2. The Bertz CT molecular complexity index is 5180. The van der Waals surface area contributed by atoms with Crippen molar-refractivity contribution in [2.24, 2.45) is 0 Å². The molecule has 14 aromatic rings. The quantitative estimate of drug-likeness (QED) is 0.113. The van der Waals surface area contributed by atoms with Gasteiger partial charge in [-0.2, -0.15) is 0 Å². The van der Waals surface area contributed by atoms with E-state index in [9.17, 15) is 0 Å². The molecule has 466 valence electrons. The molecule has 0 saturated carbocycles. The standard InChI is InChI=1S/C95H76N2/c1-61-23-39-71(40-24-61)96(73-43-35-69(36-44-73)79-21-13-17-67-15-9-11-19-77(67)79)75-47-53-85-83-51-33-65(57-89(83)94(5,6)91(85)59-75)29-27-63-31-49-81-82-50-32-64(56-88(82)93(3,4)87(81)55-63)28-30-66-34-52-84-86-54-48-76(60-92(86)95(7,8)90(84)58-66)97(72-41-25-62(2)26-42-72)74-45-37-70(38-46-74)80-22-14-18-68-16-10-12-20-78(68)80/h9-60H,1-8H3. The van der Waals surface area contributed by atoms with Gasteiger partial charge in [-0.25, -0.2) is 0 Å². The molecule has 0 aromatic heterocycles. The van der Waals surface area contributed by atoms with Gasteiger partial charge in [0.15, 0.2) is 0 Å². The molecule has 3 aliphatic carbocycles. The highest BCUT2D eigenvalue weighted by atomic mass is 15.1. The molecular weight excluding hydrogens is 1170 g/mol. The second kappa shape index (κ2) is 23.0. The number of fused-ring (bicyclic) bond motifs is 11. The molecule has 14 aromatic carbocycles. The Morgan fingerprint density at radius 3 is 0.804 bits per heavy atom. The van der Waals surface area contributed by atoms with E-state index < -0.39 is 0 Å². The molecule has 17 rings (SSSR count). The summed E-state index contributed by atoms with van der Waals surface area (Å²) in [5, 5.41) is 5.04. The fourth-order valence-corrected chi connectivity index (χ4v) is 16.2. The number of aryl methyl sites for hydroxylation is 2. The van der Waals surface area contributed by atoms with E-state index in [0.29, 0.717) is 0 Å². The molecule has 2 heteroatoms. The average molecular weight is 1250 g/mol. The molecule has 0 N–H and O–H groups in total. The Labute approximate surface area is 571 Å². The summed E-state index contributed by atoms with van der Waals surface area (Å²) in [6.45, 7) is 18.7. The zero-order valence-corrected chi connectivity index (χ0v) is 56.4. The summed E-state index contributed by atoms with van der Waals surface area (Å²) >= 11 is 0. The Kier molecular flexibility index (Phi) is 14.1. The molecule has 0 atom stereocenters. The number of benzene rings is 14. The van der Waals surface area contributed by atoms with Crippen LogP contribution >= 0.6 is 0 Å². The molecule has 97 heavy (non-hydrogen) atoms. The van der Waals surface area contributed by atoms with E-state index in [1.165, 1.54) is 144 Å². The van der Waals surface area contributed by atoms with Gasteiger partial charge in [-0.15, -0.1) is 0 Å². The summed E-state index contributed by atoms with van der Waals surface area (Å²) in [6.07, 6.45) is 9.21. The normalized spacial score (nSPS) is 14.1. The van der Waals surface area contributed by atoms with Crippen LogP contribution in [0.4, 0.5) is 34.1 Å². The monoisotopic (exact) mass is 1240 g/mol. The van der Waals surface area contributed by atoms with Crippen LogP contribution in [-0.4, -0.2) is 0 Å². The third kappa shape index (κ3) is 10.2. The first-order chi connectivity index (χ1) is 47.1. The highest BCUT2D eigenvalue weighted by molar-refractivity contribution is 5.99. The highest BCUT2D eigenvalue weighted by Gasteiger charge is 2.39. The molecule has 2 nitrogen and oxygen atoms in total. The molecule has 0 spiro atoms. The first-order valence-electron chi connectivity index (χ1n) is 34.3. The lowest BCUT2D eigenvalue weighted by Crippen LogP contribution is -2.16. The molecule has 0 bridgehead atoms. The maximum atomic E-state index is 2.43. The third-order valence-electron chi connectivity index (χ3n) is 21.6. The van der Waals surface area contributed by atoms with Gasteiger partial charge in [0.05, 0.1) is 0 Å². The van der Waals surface area contributed by atoms with Gasteiger partial charge in [0.2, 0.25) is 0 Å². The van der Waals surface area contributed by atoms with Crippen LogP contribution in [0.3, 0.4) is 0 Å². The Morgan fingerprint density at radius 2 is 0.485 bits per heavy atom. The lowest BCUT2D eigenvalue weighted by atomic mass is 9.81. The van der Waals surface area contributed by atoms with E-state index in [0.717, 1.165) is 34.1 Å². The fourth-order valence-electron chi connectivity index (χ4n) is 16.2. The molecule has 0 unspecified atom stereocenters. The molecule has 0 radical (unpaired) electrons. The summed E-state index contributed by atoms with van der Waals surface area (Å²) in [5.74, 6) is 0. The van der Waals surface area contributed by atoms with Crippen LogP contribution in [0, 0.1) is 13.8 Å². The van der Waals surface area contributed by atoms with Gasteiger partial charge in [0.25, 0.3) is 0 Å². The van der Waals surface area contributed by atoms with Crippen molar-refractivity contribution < 1.29 is 0 Å². The molecule has 0 fully saturated rings. The van der Waals surface area contributed by atoms with Crippen LogP contribution in [0.25, 0.3) is 101 Å². The van der Waals surface area contributed by atoms with E-state index >= 15 is 0 Å². The maximum Gasteiger partial charge on any atom is 0.0465 e. The van der Waals surface area contributed by atoms with Gasteiger partial charge in [-0.1, -0.05) is 295 Å². The summed E-state index contributed by atoms with van der Waals surface area (Å²) in [4.78, 5) is 4.82. The van der Waals surface area contributed by atoms with Crippen molar-refractivity contribution in [2.75, 3.05) is 9.80 Å². The maximum absolute atomic E-state index is 2.43. The first-order valence-corrected chi connectivity index (χ1v) is 34.3. The lowest BCUT2D eigenvalue weighted by molar-refractivity contribution is 0.660. The van der Waals surface area contributed by atoms with E-state index in [-0.39, 0.29) is 16.2 Å². The Balaban J connectivity index is 0.600. The zero-order chi connectivity index (χ0) is 65.9. The second-order valence-electron chi connectivity index (χ2n) is 28.7. The van der Waals surface area contributed by atoms with E-state index in [2.05, 4.69) is 381 Å². The Morgan fingerprint density at radius 1 is 0.227 bits per heavy atom. The van der Waals surface area contributed by atoms with Gasteiger partial charge < -0.3 is 9.80 Å². The minimum atomic E-state index is -0.211. The topological polar surface area (TPSA) is 6.48 Å². The molecule has 3 aliphatic rings. The largest absolute Gasteiger partial charge is 0.310 e. The van der Waals surface area contributed by atoms with Crippen LogP contribution < -0.4 is 9.80 Å². The Hall–Kier alpha value is -11.3. The van der Waals surface area contributed by atoms with Crippen LogP contribution in [0.1, 0.15) is 108 Å².